The molecule has 3 N–H and O–H groups in total. The molecule has 0 bridgehead atoms. The lowest BCUT2D eigenvalue weighted by Gasteiger charge is -2.17. The van der Waals surface area contributed by atoms with Gasteiger partial charge in [-0.1, -0.05) is 24.3 Å². The lowest BCUT2D eigenvalue weighted by atomic mass is 9.98. The maximum absolute atomic E-state index is 13.7. The summed E-state index contributed by atoms with van der Waals surface area (Å²) < 4.78 is 36.6. The van der Waals surface area contributed by atoms with E-state index in [0.29, 0.717) is 11.1 Å². The van der Waals surface area contributed by atoms with E-state index in [9.17, 15) is 12.8 Å². The molecule has 0 fully saturated rings. The molecule has 21 heavy (non-hydrogen) atoms. The van der Waals surface area contributed by atoms with Crippen molar-refractivity contribution in [2.24, 2.45) is 5.84 Å². The number of rotatable bonds is 4. The number of nitrogens with one attached hydrogen (secondary N) is 1. The fourth-order valence-corrected chi connectivity index (χ4v) is 2.71. The van der Waals surface area contributed by atoms with Crippen LogP contribution in [-0.2, 0) is 9.84 Å². The van der Waals surface area contributed by atoms with E-state index in [1.54, 1.807) is 31.2 Å². The van der Waals surface area contributed by atoms with E-state index in [1.165, 1.54) is 18.2 Å². The highest BCUT2D eigenvalue weighted by Gasteiger charge is 2.15. The van der Waals surface area contributed by atoms with Gasteiger partial charge in [-0.15, -0.1) is 0 Å². The van der Waals surface area contributed by atoms with Crippen LogP contribution in [0.4, 0.5) is 4.39 Å². The number of sulfone groups is 1. The van der Waals surface area contributed by atoms with Crippen LogP contribution in [0.15, 0.2) is 47.4 Å². The van der Waals surface area contributed by atoms with E-state index in [1.807, 2.05) is 0 Å². The van der Waals surface area contributed by atoms with Crippen molar-refractivity contribution in [1.82, 2.24) is 5.43 Å². The van der Waals surface area contributed by atoms with Crippen LogP contribution in [0, 0.1) is 12.7 Å². The number of aryl methyl sites for hydroxylation is 1. The Balaban J connectivity index is 2.39. The second-order valence-electron chi connectivity index (χ2n) is 4.95. The lowest BCUT2D eigenvalue weighted by Crippen LogP contribution is -2.29. The normalized spacial score (nSPS) is 13.1. The van der Waals surface area contributed by atoms with Crippen LogP contribution in [-0.4, -0.2) is 14.7 Å². The Morgan fingerprint density at radius 1 is 1.10 bits per heavy atom. The molecule has 2 rings (SSSR count). The molecule has 0 aliphatic rings. The van der Waals surface area contributed by atoms with Gasteiger partial charge in [0.2, 0.25) is 0 Å². The molecule has 1 unspecified atom stereocenters. The summed E-state index contributed by atoms with van der Waals surface area (Å²) in [5.74, 6) is 5.25. The highest BCUT2D eigenvalue weighted by Crippen LogP contribution is 2.24. The summed E-state index contributed by atoms with van der Waals surface area (Å²) in [6, 6.07) is 10.8. The van der Waals surface area contributed by atoms with E-state index >= 15 is 0 Å². The molecule has 4 nitrogen and oxygen atoms in total. The van der Waals surface area contributed by atoms with Crippen LogP contribution in [0.1, 0.15) is 22.7 Å². The summed E-state index contributed by atoms with van der Waals surface area (Å²) in [4.78, 5) is 0.233. The zero-order chi connectivity index (χ0) is 15.6. The lowest BCUT2D eigenvalue weighted by molar-refractivity contribution is 0.598. The van der Waals surface area contributed by atoms with Crippen LogP contribution in [0.25, 0.3) is 0 Å². The van der Waals surface area contributed by atoms with Crippen molar-refractivity contribution in [2.45, 2.75) is 17.9 Å². The third-order valence-electron chi connectivity index (χ3n) is 3.34. The molecule has 0 aromatic heterocycles. The zero-order valence-corrected chi connectivity index (χ0v) is 12.6. The number of hydrazine groups is 1. The minimum Gasteiger partial charge on any atom is -0.271 e. The van der Waals surface area contributed by atoms with E-state index in [2.05, 4.69) is 5.43 Å². The van der Waals surface area contributed by atoms with Crippen molar-refractivity contribution in [2.75, 3.05) is 6.26 Å². The molecule has 0 heterocycles. The van der Waals surface area contributed by atoms with Gasteiger partial charge in [0.05, 0.1) is 10.9 Å². The van der Waals surface area contributed by atoms with Gasteiger partial charge in [0.1, 0.15) is 5.82 Å². The van der Waals surface area contributed by atoms with Crippen LogP contribution >= 0.6 is 0 Å². The fraction of sp³-hybridized carbons (Fsp3) is 0.200. The molecule has 2 aromatic carbocycles. The summed E-state index contributed by atoms with van der Waals surface area (Å²) in [6.07, 6.45) is 1.15. The van der Waals surface area contributed by atoms with Gasteiger partial charge in [-0.3, -0.25) is 5.84 Å². The predicted molar refractivity (Wildman–Crippen MR) is 79.9 cm³/mol. The monoisotopic (exact) mass is 308 g/mol. The first-order valence-electron chi connectivity index (χ1n) is 6.35. The maximum Gasteiger partial charge on any atom is 0.175 e. The number of halogens is 1. The number of benzene rings is 2. The van der Waals surface area contributed by atoms with Crippen molar-refractivity contribution >= 4 is 9.84 Å². The van der Waals surface area contributed by atoms with E-state index < -0.39 is 15.9 Å². The minimum atomic E-state index is -3.24. The van der Waals surface area contributed by atoms with E-state index in [0.717, 1.165) is 11.8 Å². The van der Waals surface area contributed by atoms with Crippen LogP contribution in [0.3, 0.4) is 0 Å². The fourth-order valence-electron chi connectivity index (χ4n) is 2.08. The number of nitrogens with two attached hydrogens (primary N) is 1. The number of hydrogen-bond acceptors (Lipinski definition) is 4. The molecule has 0 saturated heterocycles. The molecule has 0 saturated carbocycles. The Morgan fingerprint density at radius 2 is 1.67 bits per heavy atom. The minimum absolute atomic E-state index is 0.233. The Morgan fingerprint density at radius 3 is 2.14 bits per heavy atom. The zero-order valence-electron chi connectivity index (χ0n) is 11.8. The van der Waals surface area contributed by atoms with Crippen molar-refractivity contribution in [3.63, 3.8) is 0 Å². The third-order valence-corrected chi connectivity index (χ3v) is 4.47. The van der Waals surface area contributed by atoms with Crippen LogP contribution in [0.2, 0.25) is 0 Å². The Kier molecular flexibility index (Phi) is 4.41. The van der Waals surface area contributed by atoms with Gasteiger partial charge in [0.15, 0.2) is 9.84 Å². The third kappa shape index (κ3) is 3.47. The van der Waals surface area contributed by atoms with Gasteiger partial charge < -0.3 is 0 Å². The van der Waals surface area contributed by atoms with Crippen molar-refractivity contribution in [1.29, 1.82) is 0 Å². The Bertz CT molecular complexity index is 743. The van der Waals surface area contributed by atoms with E-state index in [-0.39, 0.29) is 10.7 Å². The molecule has 112 valence electrons. The van der Waals surface area contributed by atoms with Gasteiger partial charge in [0, 0.05) is 6.26 Å². The first-order chi connectivity index (χ1) is 9.82. The van der Waals surface area contributed by atoms with Crippen molar-refractivity contribution < 1.29 is 12.8 Å². The second kappa shape index (κ2) is 5.93. The summed E-state index contributed by atoms with van der Waals surface area (Å²) in [5, 5.41) is 0. The van der Waals surface area contributed by atoms with Gasteiger partial charge in [0.25, 0.3) is 0 Å². The van der Waals surface area contributed by atoms with Gasteiger partial charge in [-0.2, -0.15) is 0 Å². The topological polar surface area (TPSA) is 72.2 Å². The quantitative estimate of drug-likeness (QED) is 0.670. The summed E-state index contributed by atoms with van der Waals surface area (Å²) >= 11 is 0. The summed E-state index contributed by atoms with van der Waals surface area (Å²) in [7, 11) is -3.24. The molecule has 6 heteroatoms. The Hall–Kier alpha value is -1.76. The van der Waals surface area contributed by atoms with Gasteiger partial charge in [-0.05, 0) is 41.8 Å². The van der Waals surface area contributed by atoms with Gasteiger partial charge >= 0.3 is 0 Å². The molecule has 0 amide bonds. The SMILES string of the molecule is Cc1ccc(C(NN)c2ccc(S(C)(=O)=O)cc2)cc1F. The van der Waals surface area contributed by atoms with Crippen molar-refractivity contribution in [3.05, 3.63) is 65.0 Å². The van der Waals surface area contributed by atoms with Crippen LogP contribution < -0.4 is 11.3 Å². The van der Waals surface area contributed by atoms with Crippen LogP contribution in [0.5, 0.6) is 0 Å². The molecule has 2 aromatic rings. The molecule has 0 aliphatic heterocycles. The first-order valence-corrected chi connectivity index (χ1v) is 8.24. The average molecular weight is 308 g/mol. The maximum atomic E-state index is 13.7. The highest BCUT2D eigenvalue weighted by atomic mass is 32.2. The standard InChI is InChI=1S/C15H17FN2O2S/c1-10-3-4-12(9-14(10)16)15(18-17)11-5-7-13(8-6-11)21(2,19)20/h3-9,15,18H,17H2,1-2H3. The largest absolute Gasteiger partial charge is 0.271 e. The molecule has 0 radical (unpaired) electrons. The molecular weight excluding hydrogens is 291 g/mol. The van der Waals surface area contributed by atoms with Crippen molar-refractivity contribution in [3.8, 4) is 0 Å². The average Bonchev–Trinajstić information content (AvgIpc) is 2.43. The smallest absolute Gasteiger partial charge is 0.175 e. The number of hydrogen-bond donors (Lipinski definition) is 2. The predicted octanol–water partition coefficient (Wildman–Crippen LogP) is 2.09. The summed E-state index contributed by atoms with van der Waals surface area (Å²) in [6.45, 7) is 1.69. The summed E-state index contributed by atoms with van der Waals surface area (Å²) in [5.41, 5.74) is 4.61. The molecule has 0 aliphatic carbocycles. The molecule has 0 spiro atoms. The second-order valence-corrected chi connectivity index (χ2v) is 6.97. The Labute approximate surface area is 123 Å². The molecule has 1 atom stereocenters. The molecular formula is C15H17FN2O2S. The van der Waals surface area contributed by atoms with E-state index in [4.69, 9.17) is 5.84 Å². The highest BCUT2D eigenvalue weighted by molar-refractivity contribution is 7.90. The first kappa shape index (κ1) is 15.6. The van der Waals surface area contributed by atoms with Gasteiger partial charge in [-0.25, -0.2) is 18.2 Å².